The summed E-state index contributed by atoms with van der Waals surface area (Å²) in [5.74, 6) is -0.597. The first-order valence-electron chi connectivity index (χ1n) is 6.87. The lowest BCUT2D eigenvalue weighted by Crippen LogP contribution is -2.26. The fraction of sp³-hybridized carbons (Fsp3) is 0.176. The van der Waals surface area contributed by atoms with E-state index in [1.165, 1.54) is 29.6 Å². The van der Waals surface area contributed by atoms with Crippen LogP contribution < -0.4 is 5.43 Å². The quantitative estimate of drug-likeness (QED) is 0.518. The average Bonchev–Trinajstić information content (AvgIpc) is 2.51. The van der Waals surface area contributed by atoms with Crippen LogP contribution in [0.2, 0.25) is 0 Å². The molecule has 5 heteroatoms. The number of carbonyl (C=O) groups is 1. The normalized spacial score (nSPS) is 12.3. The number of aryl methyl sites for hydroxylation is 1. The van der Waals surface area contributed by atoms with Gasteiger partial charge in [-0.15, -0.1) is 11.8 Å². The van der Waals surface area contributed by atoms with Gasteiger partial charge < -0.3 is 0 Å². The molecule has 2 aromatic rings. The van der Waals surface area contributed by atoms with Gasteiger partial charge in [0.1, 0.15) is 5.82 Å². The highest BCUT2D eigenvalue weighted by Gasteiger charge is 2.13. The fourth-order valence-electron chi connectivity index (χ4n) is 1.71. The van der Waals surface area contributed by atoms with Crippen molar-refractivity contribution < 1.29 is 9.18 Å². The summed E-state index contributed by atoms with van der Waals surface area (Å²) < 4.78 is 13.4. The van der Waals surface area contributed by atoms with Crippen molar-refractivity contribution in [1.82, 2.24) is 5.43 Å². The number of rotatable bonds is 5. The van der Waals surface area contributed by atoms with Gasteiger partial charge in [-0.25, -0.2) is 9.82 Å². The highest BCUT2D eigenvalue weighted by Crippen LogP contribution is 2.23. The Morgan fingerprint density at radius 3 is 2.59 bits per heavy atom. The van der Waals surface area contributed by atoms with Crippen molar-refractivity contribution >= 4 is 23.9 Å². The smallest absolute Gasteiger partial charge is 0.253 e. The summed E-state index contributed by atoms with van der Waals surface area (Å²) in [6, 6.07) is 14.2. The summed E-state index contributed by atoms with van der Waals surface area (Å²) in [7, 11) is 0. The van der Waals surface area contributed by atoms with Crippen molar-refractivity contribution in [3.63, 3.8) is 0 Å². The number of hydrogen-bond donors (Lipinski definition) is 1. The maximum absolute atomic E-state index is 13.4. The first-order chi connectivity index (χ1) is 10.6. The molecule has 0 aliphatic carbocycles. The van der Waals surface area contributed by atoms with E-state index in [2.05, 4.69) is 10.5 Å². The molecule has 22 heavy (non-hydrogen) atoms. The van der Waals surface area contributed by atoms with E-state index in [4.69, 9.17) is 0 Å². The van der Waals surface area contributed by atoms with E-state index in [-0.39, 0.29) is 17.0 Å². The van der Waals surface area contributed by atoms with Gasteiger partial charge in [0.05, 0.1) is 11.5 Å². The number of amides is 1. The average molecular weight is 316 g/mol. The second-order valence-corrected chi connectivity index (χ2v) is 6.24. The number of thioether (sulfide) groups is 1. The molecule has 0 aromatic heterocycles. The molecule has 1 amide bonds. The Labute approximate surface area is 133 Å². The topological polar surface area (TPSA) is 41.5 Å². The van der Waals surface area contributed by atoms with Crippen LogP contribution in [0.5, 0.6) is 0 Å². The molecule has 2 rings (SSSR count). The van der Waals surface area contributed by atoms with Crippen LogP contribution in [-0.2, 0) is 4.79 Å². The van der Waals surface area contributed by atoms with Gasteiger partial charge in [-0.3, -0.25) is 4.79 Å². The minimum absolute atomic E-state index is 0.224. The van der Waals surface area contributed by atoms with Crippen LogP contribution in [0.4, 0.5) is 4.39 Å². The van der Waals surface area contributed by atoms with Crippen LogP contribution in [0.15, 0.2) is 58.5 Å². The number of hydrogen-bond acceptors (Lipinski definition) is 3. The predicted octanol–water partition coefficient (Wildman–Crippen LogP) is 3.77. The zero-order chi connectivity index (χ0) is 15.9. The molecular formula is C17H17FN2OS. The zero-order valence-corrected chi connectivity index (χ0v) is 13.2. The Hall–Kier alpha value is -2.14. The number of nitrogens with one attached hydrogen (secondary N) is 1. The second-order valence-electron chi connectivity index (χ2n) is 4.83. The molecule has 0 heterocycles. The summed E-state index contributed by atoms with van der Waals surface area (Å²) in [4.78, 5) is 13.0. The van der Waals surface area contributed by atoms with Gasteiger partial charge >= 0.3 is 0 Å². The summed E-state index contributed by atoms with van der Waals surface area (Å²) >= 11 is 1.45. The van der Waals surface area contributed by atoms with E-state index < -0.39 is 0 Å². The van der Waals surface area contributed by atoms with Crippen LogP contribution in [-0.4, -0.2) is 17.4 Å². The SMILES string of the molecule is Cc1ccc(S[C@@H](C)C(=O)N/N=C\c2ccccc2F)cc1. The molecule has 0 fully saturated rings. The number of benzene rings is 2. The lowest BCUT2D eigenvalue weighted by Gasteiger charge is -2.09. The molecule has 2 aromatic carbocycles. The molecule has 1 N–H and O–H groups in total. The Bertz CT molecular complexity index is 671. The largest absolute Gasteiger partial charge is 0.272 e. The maximum atomic E-state index is 13.4. The maximum Gasteiger partial charge on any atom is 0.253 e. The molecule has 0 saturated heterocycles. The minimum atomic E-state index is -0.373. The molecule has 0 saturated carbocycles. The first kappa shape index (κ1) is 16.2. The number of hydrazone groups is 1. The van der Waals surface area contributed by atoms with Gasteiger partial charge in [-0.2, -0.15) is 5.10 Å². The van der Waals surface area contributed by atoms with Crippen LogP contribution in [0.1, 0.15) is 18.1 Å². The van der Waals surface area contributed by atoms with Gasteiger partial charge in [0, 0.05) is 10.5 Å². The molecular weight excluding hydrogens is 299 g/mol. The van der Waals surface area contributed by atoms with Crippen molar-refractivity contribution in [3.05, 3.63) is 65.5 Å². The fourth-order valence-corrected chi connectivity index (χ4v) is 2.57. The lowest BCUT2D eigenvalue weighted by molar-refractivity contribution is -0.120. The number of halogens is 1. The second kappa shape index (κ2) is 7.75. The lowest BCUT2D eigenvalue weighted by atomic mass is 10.2. The zero-order valence-electron chi connectivity index (χ0n) is 12.4. The number of nitrogens with zero attached hydrogens (tertiary/aromatic N) is 1. The molecule has 0 unspecified atom stereocenters. The van der Waals surface area contributed by atoms with Crippen LogP contribution in [0.3, 0.4) is 0 Å². The molecule has 3 nitrogen and oxygen atoms in total. The van der Waals surface area contributed by atoms with Crippen LogP contribution in [0, 0.1) is 12.7 Å². The third-order valence-electron chi connectivity index (χ3n) is 2.99. The van der Waals surface area contributed by atoms with E-state index in [9.17, 15) is 9.18 Å². The van der Waals surface area contributed by atoms with E-state index in [1.807, 2.05) is 31.2 Å². The molecule has 1 atom stereocenters. The Kier molecular flexibility index (Phi) is 5.72. The first-order valence-corrected chi connectivity index (χ1v) is 7.75. The van der Waals surface area contributed by atoms with E-state index in [0.717, 1.165) is 4.90 Å². The van der Waals surface area contributed by atoms with E-state index in [1.54, 1.807) is 25.1 Å². The van der Waals surface area contributed by atoms with Gasteiger partial charge in [-0.1, -0.05) is 35.9 Å². The molecule has 114 valence electrons. The summed E-state index contributed by atoms with van der Waals surface area (Å²) in [6.07, 6.45) is 1.30. The Balaban J connectivity index is 1.89. The van der Waals surface area contributed by atoms with E-state index >= 15 is 0 Å². The third-order valence-corrected chi connectivity index (χ3v) is 4.10. The minimum Gasteiger partial charge on any atom is -0.272 e. The predicted molar refractivity (Wildman–Crippen MR) is 88.6 cm³/mol. The van der Waals surface area contributed by atoms with Crippen LogP contribution in [0.25, 0.3) is 0 Å². The molecule has 0 aliphatic rings. The van der Waals surface area contributed by atoms with Crippen molar-refractivity contribution in [2.45, 2.75) is 24.0 Å². The number of carbonyl (C=O) groups excluding carboxylic acids is 1. The van der Waals surface area contributed by atoms with Crippen molar-refractivity contribution in [2.24, 2.45) is 5.10 Å². The summed E-state index contributed by atoms with van der Waals surface area (Å²) in [5, 5.41) is 3.51. The molecule has 0 radical (unpaired) electrons. The van der Waals surface area contributed by atoms with Gasteiger partial charge in [0.15, 0.2) is 0 Å². The monoisotopic (exact) mass is 316 g/mol. The Morgan fingerprint density at radius 1 is 1.23 bits per heavy atom. The summed E-state index contributed by atoms with van der Waals surface area (Å²) in [6.45, 7) is 3.82. The summed E-state index contributed by atoms with van der Waals surface area (Å²) in [5.41, 5.74) is 3.94. The molecule has 0 bridgehead atoms. The highest BCUT2D eigenvalue weighted by molar-refractivity contribution is 8.00. The third kappa shape index (κ3) is 4.70. The standard InChI is InChI=1S/C17H17FN2OS/c1-12-7-9-15(10-8-12)22-13(2)17(21)20-19-11-14-5-3-4-6-16(14)18/h3-11,13H,1-2H3,(H,20,21)/b19-11-/t13-/m0/s1. The molecule has 0 spiro atoms. The molecule has 0 aliphatic heterocycles. The van der Waals surface area contributed by atoms with Crippen molar-refractivity contribution in [1.29, 1.82) is 0 Å². The van der Waals surface area contributed by atoms with Crippen molar-refractivity contribution in [3.8, 4) is 0 Å². The van der Waals surface area contributed by atoms with Crippen molar-refractivity contribution in [2.75, 3.05) is 0 Å². The van der Waals surface area contributed by atoms with E-state index in [0.29, 0.717) is 5.56 Å². The Morgan fingerprint density at radius 2 is 1.91 bits per heavy atom. The van der Waals surface area contributed by atoms with Gasteiger partial charge in [-0.05, 0) is 32.0 Å². The van der Waals surface area contributed by atoms with Crippen LogP contribution >= 0.6 is 11.8 Å². The van der Waals surface area contributed by atoms with Gasteiger partial charge in [0.25, 0.3) is 5.91 Å². The highest BCUT2D eigenvalue weighted by atomic mass is 32.2. The van der Waals surface area contributed by atoms with Gasteiger partial charge in [0.2, 0.25) is 0 Å².